The van der Waals surface area contributed by atoms with E-state index in [-0.39, 0.29) is 12.7 Å². The lowest BCUT2D eigenvalue weighted by molar-refractivity contribution is 0.102. The minimum Gasteiger partial charge on any atom is -0.454 e. The molecule has 1 aliphatic heterocycles. The normalized spacial score (nSPS) is 12.1. The summed E-state index contributed by atoms with van der Waals surface area (Å²) in [6.07, 6.45) is 1.56. The molecular weight excluding hydrogens is 270 g/mol. The van der Waals surface area contributed by atoms with Crippen LogP contribution in [-0.2, 0) is 0 Å². The van der Waals surface area contributed by atoms with Gasteiger partial charge in [-0.1, -0.05) is 0 Å². The minimum absolute atomic E-state index is 0.207. The molecular formula is C15H15N3O3. The number of aryl methyl sites for hydroxylation is 1. The highest BCUT2D eigenvalue weighted by Gasteiger charge is 2.16. The van der Waals surface area contributed by atoms with Crippen LogP contribution in [0.15, 0.2) is 30.5 Å². The van der Waals surface area contributed by atoms with E-state index in [0.29, 0.717) is 22.7 Å². The number of benzene rings is 1. The lowest BCUT2D eigenvalue weighted by atomic mass is 10.2. The molecule has 0 saturated carbocycles. The quantitative estimate of drug-likeness (QED) is 0.906. The van der Waals surface area contributed by atoms with Gasteiger partial charge in [0.25, 0.3) is 5.91 Å². The number of rotatable bonds is 3. The number of aromatic nitrogens is 1. The average Bonchev–Trinajstić information content (AvgIpc) is 2.94. The largest absolute Gasteiger partial charge is 0.454 e. The molecule has 1 aromatic heterocycles. The van der Waals surface area contributed by atoms with Crippen molar-refractivity contribution in [1.29, 1.82) is 0 Å². The molecule has 0 aliphatic carbocycles. The predicted octanol–water partition coefficient (Wildman–Crippen LogP) is 2.41. The lowest BCUT2D eigenvalue weighted by Crippen LogP contribution is -2.14. The SMILES string of the molecule is CNc1cc(C)ncc1C(=O)Nc1ccc2c(c1)OCO2. The first-order chi connectivity index (χ1) is 10.2. The summed E-state index contributed by atoms with van der Waals surface area (Å²) in [5, 5.41) is 5.83. The van der Waals surface area contributed by atoms with Crippen LogP contribution < -0.4 is 20.1 Å². The number of carbonyl (C=O) groups excluding carboxylic acids is 1. The van der Waals surface area contributed by atoms with Gasteiger partial charge in [0.05, 0.1) is 11.3 Å². The molecule has 0 spiro atoms. The Labute approximate surface area is 122 Å². The zero-order chi connectivity index (χ0) is 14.8. The molecule has 108 valence electrons. The third-order valence-electron chi connectivity index (χ3n) is 3.19. The first-order valence-corrected chi connectivity index (χ1v) is 6.53. The average molecular weight is 285 g/mol. The Morgan fingerprint density at radius 3 is 2.86 bits per heavy atom. The van der Waals surface area contributed by atoms with Crippen molar-refractivity contribution in [3.05, 3.63) is 41.7 Å². The molecule has 1 aliphatic rings. The smallest absolute Gasteiger partial charge is 0.259 e. The van der Waals surface area contributed by atoms with Crippen LogP contribution in [0.25, 0.3) is 0 Å². The van der Waals surface area contributed by atoms with E-state index in [4.69, 9.17) is 9.47 Å². The number of hydrogen-bond acceptors (Lipinski definition) is 5. The summed E-state index contributed by atoms with van der Waals surface area (Å²) in [5.74, 6) is 1.08. The van der Waals surface area contributed by atoms with E-state index in [9.17, 15) is 4.79 Å². The van der Waals surface area contributed by atoms with Gasteiger partial charge in [0.1, 0.15) is 0 Å². The van der Waals surface area contributed by atoms with Crippen molar-refractivity contribution in [3.63, 3.8) is 0 Å². The van der Waals surface area contributed by atoms with E-state index >= 15 is 0 Å². The van der Waals surface area contributed by atoms with Gasteiger partial charge in [0.2, 0.25) is 6.79 Å². The van der Waals surface area contributed by atoms with E-state index in [0.717, 1.165) is 11.4 Å². The third kappa shape index (κ3) is 2.60. The molecule has 0 fully saturated rings. The fourth-order valence-corrected chi connectivity index (χ4v) is 2.12. The Balaban J connectivity index is 1.83. The number of nitrogens with zero attached hydrogens (tertiary/aromatic N) is 1. The molecule has 0 bridgehead atoms. The number of hydrogen-bond donors (Lipinski definition) is 2. The van der Waals surface area contributed by atoms with Crippen LogP contribution in [0.3, 0.4) is 0 Å². The van der Waals surface area contributed by atoms with Crippen LogP contribution in [0.4, 0.5) is 11.4 Å². The van der Waals surface area contributed by atoms with Crippen molar-refractivity contribution >= 4 is 17.3 Å². The summed E-state index contributed by atoms with van der Waals surface area (Å²) in [5.41, 5.74) is 2.72. The summed E-state index contributed by atoms with van der Waals surface area (Å²) >= 11 is 0. The second-order valence-corrected chi connectivity index (χ2v) is 4.64. The molecule has 3 rings (SSSR count). The van der Waals surface area contributed by atoms with Crippen molar-refractivity contribution < 1.29 is 14.3 Å². The number of ether oxygens (including phenoxy) is 2. The molecule has 1 aromatic carbocycles. The molecule has 1 amide bonds. The maximum Gasteiger partial charge on any atom is 0.259 e. The van der Waals surface area contributed by atoms with Crippen LogP contribution >= 0.6 is 0 Å². The maximum absolute atomic E-state index is 12.3. The summed E-state index contributed by atoms with van der Waals surface area (Å²) < 4.78 is 10.5. The zero-order valence-corrected chi connectivity index (χ0v) is 11.8. The van der Waals surface area contributed by atoms with Gasteiger partial charge in [-0.15, -0.1) is 0 Å². The summed E-state index contributed by atoms with van der Waals surface area (Å²) in [7, 11) is 1.77. The lowest BCUT2D eigenvalue weighted by Gasteiger charge is -2.10. The van der Waals surface area contributed by atoms with Gasteiger partial charge in [-0.2, -0.15) is 0 Å². The molecule has 2 N–H and O–H groups in total. The highest BCUT2D eigenvalue weighted by atomic mass is 16.7. The Hall–Kier alpha value is -2.76. The molecule has 6 heteroatoms. The predicted molar refractivity (Wildman–Crippen MR) is 79.0 cm³/mol. The van der Waals surface area contributed by atoms with Gasteiger partial charge in [-0.05, 0) is 25.1 Å². The highest BCUT2D eigenvalue weighted by Crippen LogP contribution is 2.34. The van der Waals surface area contributed by atoms with Crippen LogP contribution in [0, 0.1) is 6.92 Å². The second kappa shape index (κ2) is 5.32. The van der Waals surface area contributed by atoms with Gasteiger partial charge in [-0.3, -0.25) is 9.78 Å². The molecule has 21 heavy (non-hydrogen) atoms. The summed E-state index contributed by atoms with van der Waals surface area (Å²) in [4.78, 5) is 16.5. The van der Waals surface area contributed by atoms with Gasteiger partial charge in [-0.25, -0.2) is 0 Å². The molecule has 2 aromatic rings. The van der Waals surface area contributed by atoms with E-state index < -0.39 is 0 Å². The van der Waals surface area contributed by atoms with Crippen molar-refractivity contribution in [2.45, 2.75) is 6.92 Å². The van der Waals surface area contributed by atoms with E-state index in [2.05, 4.69) is 15.6 Å². The topological polar surface area (TPSA) is 72.5 Å². The Morgan fingerprint density at radius 1 is 1.24 bits per heavy atom. The standard InChI is InChI=1S/C15H15N3O3/c1-9-5-12(16-2)11(7-17-9)15(19)18-10-3-4-13-14(6-10)21-8-20-13/h3-7H,8H2,1-2H3,(H,16,17)(H,18,19). The number of amides is 1. The Morgan fingerprint density at radius 2 is 2.05 bits per heavy atom. The number of nitrogens with one attached hydrogen (secondary N) is 2. The van der Waals surface area contributed by atoms with Gasteiger partial charge in [0, 0.05) is 30.7 Å². The first kappa shape index (κ1) is 13.2. The summed E-state index contributed by atoms with van der Waals surface area (Å²) in [6.45, 7) is 2.08. The van der Waals surface area contributed by atoms with Gasteiger partial charge < -0.3 is 20.1 Å². The number of anilines is 2. The summed E-state index contributed by atoms with van der Waals surface area (Å²) in [6, 6.07) is 7.10. The van der Waals surface area contributed by atoms with E-state index in [1.807, 2.05) is 13.0 Å². The zero-order valence-electron chi connectivity index (χ0n) is 11.8. The van der Waals surface area contributed by atoms with E-state index in [1.54, 1.807) is 31.4 Å². The van der Waals surface area contributed by atoms with Crippen molar-refractivity contribution in [2.75, 3.05) is 24.5 Å². The third-order valence-corrected chi connectivity index (χ3v) is 3.19. The van der Waals surface area contributed by atoms with Gasteiger partial charge in [0.15, 0.2) is 11.5 Å². The van der Waals surface area contributed by atoms with Crippen molar-refractivity contribution in [3.8, 4) is 11.5 Å². The number of carbonyl (C=O) groups is 1. The molecule has 0 radical (unpaired) electrons. The monoisotopic (exact) mass is 285 g/mol. The second-order valence-electron chi connectivity index (χ2n) is 4.64. The molecule has 6 nitrogen and oxygen atoms in total. The first-order valence-electron chi connectivity index (χ1n) is 6.53. The van der Waals surface area contributed by atoms with Crippen LogP contribution in [0.2, 0.25) is 0 Å². The Bertz CT molecular complexity index is 701. The van der Waals surface area contributed by atoms with Crippen LogP contribution in [0.1, 0.15) is 16.1 Å². The molecule has 0 atom stereocenters. The van der Waals surface area contributed by atoms with Crippen molar-refractivity contribution in [2.24, 2.45) is 0 Å². The maximum atomic E-state index is 12.3. The molecule has 2 heterocycles. The van der Waals surface area contributed by atoms with Crippen LogP contribution in [0.5, 0.6) is 11.5 Å². The van der Waals surface area contributed by atoms with Crippen molar-refractivity contribution in [1.82, 2.24) is 4.98 Å². The molecule has 0 unspecified atom stereocenters. The minimum atomic E-state index is -0.231. The fraction of sp³-hybridized carbons (Fsp3) is 0.200. The van der Waals surface area contributed by atoms with Gasteiger partial charge >= 0.3 is 0 Å². The highest BCUT2D eigenvalue weighted by molar-refractivity contribution is 6.07. The van der Waals surface area contributed by atoms with Crippen LogP contribution in [-0.4, -0.2) is 24.7 Å². The number of pyridine rings is 1. The fourth-order valence-electron chi connectivity index (χ4n) is 2.12. The van der Waals surface area contributed by atoms with E-state index in [1.165, 1.54) is 0 Å². The molecule has 0 saturated heterocycles. The number of fused-ring (bicyclic) bond motifs is 1. The Kier molecular flexibility index (Phi) is 3.35.